The molecule has 10 heteroatoms. The van der Waals surface area contributed by atoms with Gasteiger partial charge in [-0.15, -0.1) is 0 Å². The molecule has 0 saturated carbocycles. The van der Waals surface area contributed by atoms with E-state index >= 15 is 0 Å². The number of para-hydroxylation sites is 1. The van der Waals surface area contributed by atoms with Gasteiger partial charge in [0, 0.05) is 16.1 Å². The van der Waals surface area contributed by atoms with Crippen molar-refractivity contribution in [3.05, 3.63) is 82.4 Å². The first-order valence-corrected chi connectivity index (χ1v) is 12.9. The number of ketones is 1. The number of fused-ring (bicyclic) bond motifs is 1. The summed E-state index contributed by atoms with van der Waals surface area (Å²) in [5.74, 6) is -0.592. The smallest absolute Gasteiger partial charge is 0.301 e. The normalized spacial score (nSPS) is 16.7. The molecule has 1 fully saturated rings. The third-order valence-electron chi connectivity index (χ3n) is 6.16. The number of benzene rings is 3. The van der Waals surface area contributed by atoms with E-state index in [1.54, 1.807) is 54.6 Å². The molecular formula is C28H23ClN2O6S. The molecular weight excluding hydrogens is 528 g/mol. The lowest BCUT2D eigenvalue weighted by Crippen LogP contribution is -2.29. The fourth-order valence-corrected chi connectivity index (χ4v) is 5.61. The van der Waals surface area contributed by atoms with Crippen LogP contribution in [0.25, 0.3) is 16.0 Å². The van der Waals surface area contributed by atoms with Gasteiger partial charge in [-0.05, 0) is 55.5 Å². The Morgan fingerprint density at radius 2 is 1.84 bits per heavy atom. The van der Waals surface area contributed by atoms with Crippen LogP contribution in [0, 0.1) is 0 Å². The molecule has 0 unspecified atom stereocenters. The summed E-state index contributed by atoms with van der Waals surface area (Å²) < 4.78 is 17.5. The molecule has 1 atom stereocenters. The Bertz CT molecular complexity index is 1580. The molecule has 194 valence electrons. The van der Waals surface area contributed by atoms with Gasteiger partial charge in [0.15, 0.2) is 16.6 Å². The van der Waals surface area contributed by atoms with Crippen molar-refractivity contribution in [2.75, 3.05) is 25.7 Å². The number of hydrogen-bond acceptors (Lipinski definition) is 8. The van der Waals surface area contributed by atoms with Crippen LogP contribution in [-0.4, -0.2) is 42.6 Å². The van der Waals surface area contributed by atoms with E-state index in [0.717, 1.165) is 4.70 Å². The van der Waals surface area contributed by atoms with E-state index in [4.69, 9.17) is 25.8 Å². The standard InChI is InChI=1S/C28H23ClN2O6S/c1-4-37-17-12-13-19-21(14-17)38-28(30-19)31-23(18-6-5-7-20(35-2)26(18)36-3)22(25(33)27(31)34)24(32)15-8-10-16(29)11-9-15/h5-14,23,32H,4H2,1-3H3/t23-/m0/s1. The zero-order valence-electron chi connectivity index (χ0n) is 20.7. The zero-order valence-corrected chi connectivity index (χ0v) is 22.3. The molecule has 3 aromatic carbocycles. The van der Waals surface area contributed by atoms with E-state index in [1.165, 1.54) is 30.5 Å². The van der Waals surface area contributed by atoms with Crippen LogP contribution in [0.3, 0.4) is 0 Å². The van der Waals surface area contributed by atoms with Crippen molar-refractivity contribution < 1.29 is 28.9 Å². The average molecular weight is 551 g/mol. The first-order valence-electron chi connectivity index (χ1n) is 11.7. The van der Waals surface area contributed by atoms with Gasteiger partial charge in [0.25, 0.3) is 5.78 Å². The number of methoxy groups -OCH3 is 2. The monoisotopic (exact) mass is 550 g/mol. The largest absolute Gasteiger partial charge is 0.507 e. The lowest BCUT2D eigenvalue weighted by molar-refractivity contribution is -0.132. The third kappa shape index (κ3) is 4.33. The first-order chi connectivity index (χ1) is 18.4. The lowest BCUT2D eigenvalue weighted by Gasteiger charge is -2.25. The predicted molar refractivity (Wildman–Crippen MR) is 147 cm³/mol. The Hall–Kier alpha value is -4.08. The molecule has 1 saturated heterocycles. The van der Waals surface area contributed by atoms with E-state index in [-0.39, 0.29) is 11.3 Å². The molecule has 4 aromatic rings. The molecule has 38 heavy (non-hydrogen) atoms. The zero-order chi connectivity index (χ0) is 27.0. The van der Waals surface area contributed by atoms with Crippen LogP contribution in [0.4, 0.5) is 5.13 Å². The van der Waals surface area contributed by atoms with Gasteiger partial charge in [0.05, 0.1) is 36.6 Å². The minimum absolute atomic E-state index is 0.0989. The lowest BCUT2D eigenvalue weighted by atomic mass is 9.94. The molecule has 0 aliphatic carbocycles. The second-order valence-electron chi connectivity index (χ2n) is 8.32. The topological polar surface area (TPSA) is 98.2 Å². The van der Waals surface area contributed by atoms with Crippen molar-refractivity contribution in [1.82, 2.24) is 4.98 Å². The SMILES string of the molecule is CCOc1ccc2nc(N3C(=O)C(=O)C(=C(O)c4ccc(Cl)cc4)[C@@H]3c3cccc(OC)c3OC)sc2c1. The van der Waals surface area contributed by atoms with E-state index in [0.29, 0.717) is 50.7 Å². The van der Waals surface area contributed by atoms with Gasteiger partial charge in [-0.3, -0.25) is 14.5 Å². The van der Waals surface area contributed by atoms with Crippen molar-refractivity contribution in [2.45, 2.75) is 13.0 Å². The van der Waals surface area contributed by atoms with Crippen molar-refractivity contribution in [3.63, 3.8) is 0 Å². The number of Topliss-reactive ketones (excluding diaryl/α,β-unsaturated/α-hetero) is 1. The van der Waals surface area contributed by atoms with Crippen molar-refractivity contribution in [1.29, 1.82) is 0 Å². The molecule has 2 heterocycles. The van der Waals surface area contributed by atoms with Gasteiger partial charge in [-0.1, -0.05) is 35.1 Å². The van der Waals surface area contributed by atoms with Crippen molar-refractivity contribution in [3.8, 4) is 17.2 Å². The molecule has 5 rings (SSSR count). The maximum Gasteiger partial charge on any atom is 0.301 e. The highest BCUT2D eigenvalue weighted by Crippen LogP contribution is 2.48. The van der Waals surface area contributed by atoms with Crippen LogP contribution < -0.4 is 19.1 Å². The highest BCUT2D eigenvalue weighted by molar-refractivity contribution is 7.22. The second-order valence-corrected chi connectivity index (χ2v) is 9.76. The quantitative estimate of drug-likeness (QED) is 0.171. The number of hydrogen-bond donors (Lipinski definition) is 1. The summed E-state index contributed by atoms with van der Waals surface area (Å²) in [5, 5.41) is 12.1. The van der Waals surface area contributed by atoms with Gasteiger partial charge >= 0.3 is 5.91 Å². The van der Waals surface area contributed by atoms with Gasteiger partial charge in [-0.2, -0.15) is 0 Å². The Morgan fingerprint density at radius 1 is 1.08 bits per heavy atom. The minimum Gasteiger partial charge on any atom is -0.507 e. The fourth-order valence-electron chi connectivity index (χ4n) is 4.47. The Kier molecular flexibility index (Phi) is 6.96. The number of thiazole rings is 1. The highest BCUT2D eigenvalue weighted by Gasteiger charge is 2.49. The number of ether oxygens (including phenoxy) is 3. The molecule has 1 aliphatic heterocycles. The summed E-state index contributed by atoms with van der Waals surface area (Å²) in [6.45, 7) is 2.40. The number of carbonyl (C=O) groups is 2. The molecule has 1 amide bonds. The van der Waals surface area contributed by atoms with E-state index in [1.807, 2.05) is 13.0 Å². The van der Waals surface area contributed by atoms with Crippen LogP contribution >= 0.6 is 22.9 Å². The second kappa shape index (κ2) is 10.4. The summed E-state index contributed by atoms with van der Waals surface area (Å²) in [7, 11) is 2.97. The summed E-state index contributed by atoms with van der Waals surface area (Å²) in [6, 6.07) is 15.9. The number of aromatic nitrogens is 1. The molecule has 1 N–H and O–H groups in total. The predicted octanol–water partition coefficient (Wildman–Crippen LogP) is 5.99. The molecule has 0 bridgehead atoms. The average Bonchev–Trinajstić information content (AvgIpc) is 3.45. The van der Waals surface area contributed by atoms with E-state index in [9.17, 15) is 14.7 Å². The molecule has 1 aliphatic rings. The van der Waals surface area contributed by atoms with Gasteiger partial charge in [0.2, 0.25) is 0 Å². The Balaban J connectivity index is 1.75. The maximum atomic E-state index is 13.6. The van der Waals surface area contributed by atoms with Crippen LogP contribution in [0.2, 0.25) is 5.02 Å². The van der Waals surface area contributed by atoms with Gasteiger partial charge in [-0.25, -0.2) is 4.98 Å². The van der Waals surface area contributed by atoms with Gasteiger partial charge in [0.1, 0.15) is 17.6 Å². The molecule has 8 nitrogen and oxygen atoms in total. The molecule has 0 radical (unpaired) electrons. The number of halogens is 1. The van der Waals surface area contributed by atoms with Crippen molar-refractivity contribution >= 4 is 55.7 Å². The Morgan fingerprint density at radius 3 is 2.53 bits per heavy atom. The number of aliphatic hydroxyl groups excluding tert-OH is 1. The summed E-state index contributed by atoms with van der Waals surface area (Å²) in [5.41, 5.74) is 1.34. The van der Waals surface area contributed by atoms with Crippen LogP contribution in [0.15, 0.2) is 66.2 Å². The maximum absolute atomic E-state index is 13.6. The summed E-state index contributed by atoms with van der Waals surface area (Å²) in [4.78, 5) is 33.0. The third-order valence-corrected chi connectivity index (χ3v) is 7.43. The first kappa shape index (κ1) is 25.6. The summed E-state index contributed by atoms with van der Waals surface area (Å²) in [6.07, 6.45) is 0. The summed E-state index contributed by atoms with van der Waals surface area (Å²) >= 11 is 7.27. The van der Waals surface area contributed by atoms with Gasteiger partial charge < -0.3 is 19.3 Å². The van der Waals surface area contributed by atoms with E-state index < -0.39 is 17.7 Å². The fraction of sp³-hybridized carbons (Fsp3) is 0.179. The number of carbonyl (C=O) groups excluding carboxylic acids is 2. The number of anilines is 1. The Labute approximate surface area is 227 Å². The molecule has 1 aromatic heterocycles. The number of aliphatic hydroxyl groups is 1. The number of nitrogens with zero attached hydrogens (tertiary/aromatic N) is 2. The highest BCUT2D eigenvalue weighted by atomic mass is 35.5. The van der Waals surface area contributed by atoms with Crippen LogP contribution in [0.5, 0.6) is 17.2 Å². The van der Waals surface area contributed by atoms with Crippen LogP contribution in [0.1, 0.15) is 24.1 Å². The number of rotatable bonds is 7. The minimum atomic E-state index is -1.04. The van der Waals surface area contributed by atoms with Crippen molar-refractivity contribution in [2.24, 2.45) is 0 Å². The number of amides is 1. The van der Waals surface area contributed by atoms with E-state index in [2.05, 4.69) is 4.98 Å². The van der Waals surface area contributed by atoms with Crippen LogP contribution in [-0.2, 0) is 9.59 Å². The molecule has 0 spiro atoms.